The lowest BCUT2D eigenvalue weighted by atomic mass is 10.1. The first-order valence-corrected chi connectivity index (χ1v) is 11.2. The summed E-state index contributed by atoms with van der Waals surface area (Å²) in [5.74, 6) is 0.184. The molecule has 4 rings (SSSR count). The van der Waals surface area contributed by atoms with Gasteiger partial charge in [-0.25, -0.2) is 4.79 Å². The summed E-state index contributed by atoms with van der Waals surface area (Å²) in [6, 6.07) is 16.4. The maximum Gasteiger partial charge on any atom is 0.335 e. The number of benzene rings is 2. The van der Waals surface area contributed by atoms with E-state index in [4.69, 9.17) is 4.42 Å². The molecule has 0 saturated carbocycles. The van der Waals surface area contributed by atoms with E-state index in [1.54, 1.807) is 12.3 Å². The zero-order valence-electron chi connectivity index (χ0n) is 18.1. The largest absolute Gasteiger partial charge is 0.478 e. The van der Waals surface area contributed by atoms with E-state index in [9.17, 15) is 14.7 Å². The summed E-state index contributed by atoms with van der Waals surface area (Å²) < 4.78 is 7.40. The van der Waals surface area contributed by atoms with Crippen LogP contribution in [0.3, 0.4) is 0 Å². The Labute approximate surface area is 194 Å². The predicted octanol–water partition coefficient (Wildman–Crippen LogP) is 4.63. The molecule has 8 nitrogen and oxygen atoms in total. The van der Waals surface area contributed by atoms with Crippen molar-refractivity contribution in [3.8, 4) is 11.4 Å². The Hall–Kier alpha value is -3.85. The molecule has 0 fully saturated rings. The van der Waals surface area contributed by atoms with Crippen LogP contribution in [-0.4, -0.2) is 37.5 Å². The highest BCUT2D eigenvalue weighted by Gasteiger charge is 2.19. The summed E-state index contributed by atoms with van der Waals surface area (Å²) in [5, 5.41) is 21.3. The van der Waals surface area contributed by atoms with Crippen molar-refractivity contribution in [3.63, 3.8) is 0 Å². The number of furan rings is 1. The topological polar surface area (TPSA) is 110 Å². The van der Waals surface area contributed by atoms with Crippen LogP contribution in [0, 0.1) is 13.8 Å². The molecule has 0 spiro atoms. The molecule has 33 heavy (non-hydrogen) atoms. The minimum Gasteiger partial charge on any atom is -0.478 e. The molecule has 0 saturated heterocycles. The molecule has 2 aromatic heterocycles. The number of carboxylic acid groups (broad SMARTS) is 1. The van der Waals surface area contributed by atoms with Crippen LogP contribution in [0.4, 0.5) is 5.69 Å². The Morgan fingerprint density at radius 2 is 1.88 bits per heavy atom. The third kappa shape index (κ3) is 5.15. The van der Waals surface area contributed by atoms with Crippen LogP contribution in [-0.2, 0) is 11.3 Å². The molecule has 2 aromatic carbocycles. The number of aromatic nitrogens is 3. The molecule has 0 unspecified atom stereocenters. The molecular formula is C24H22N4O4S. The number of amides is 1. The van der Waals surface area contributed by atoms with Crippen LogP contribution in [0.1, 0.15) is 27.2 Å². The van der Waals surface area contributed by atoms with Crippen LogP contribution in [0.5, 0.6) is 0 Å². The van der Waals surface area contributed by atoms with Crippen molar-refractivity contribution in [3.05, 3.63) is 83.3 Å². The fourth-order valence-corrected chi connectivity index (χ4v) is 4.06. The zero-order chi connectivity index (χ0) is 23.4. The fourth-order valence-electron chi connectivity index (χ4n) is 3.33. The number of carbonyl (C=O) groups is 2. The van der Waals surface area contributed by atoms with Gasteiger partial charge in [0.05, 0.1) is 29.7 Å². The molecule has 0 radical (unpaired) electrons. The quantitative estimate of drug-likeness (QED) is 0.367. The van der Waals surface area contributed by atoms with Gasteiger partial charge in [0.2, 0.25) is 5.91 Å². The van der Waals surface area contributed by atoms with E-state index >= 15 is 0 Å². The number of aryl methyl sites for hydroxylation is 2. The van der Waals surface area contributed by atoms with Gasteiger partial charge in [0.15, 0.2) is 11.0 Å². The van der Waals surface area contributed by atoms with Gasteiger partial charge in [-0.2, -0.15) is 0 Å². The van der Waals surface area contributed by atoms with E-state index in [2.05, 4.69) is 15.5 Å². The smallest absolute Gasteiger partial charge is 0.335 e. The third-order valence-corrected chi connectivity index (χ3v) is 6.06. The normalized spacial score (nSPS) is 10.8. The molecule has 4 aromatic rings. The van der Waals surface area contributed by atoms with Crippen LogP contribution in [0.2, 0.25) is 0 Å². The average molecular weight is 463 g/mol. The van der Waals surface area contributed by atoms with Gasteiger partial charge in [0.25, 0.3) is 0 Å². The summed E-state index contributed by atoms with van der Waals surface area (Å²) >= 11 is 1.26. The number of rotatable bonds is 8. The first-order chi connectivity index (χ1) is 15.9. The Bertz CT molecular complexity index is 1300. The van der Waals surface area contributed by atoms with Crippen LogP contribution in [0.25, 0.3) is 11.4 Å². The monoisotopic (exact) mass is 462 g/mol. The zero-order valence-corrected chi connectivity index (χ0v) is 18.9. The summed E-state index contributed by atoms with van der Waals surface area (Å²) in [6.07, 6.45) is 1.61. The van der Waals surface area contributed by atoms with Crippen molar-refractivity contribution in [1.29, 1.82) is 0 Å². The second-order valence-corrected chi connectivity index (χ2v) is 8.38. The second-order valence-electron chi connectivity index (χ2n) is 7.44. The van der Waals surface area contributed by atoms with E-state index in [0.29, 0.717) is 23.2 Å². The van der Waals surface area contributed by atoms with Gasteiger partial charge in [0.1, 0.15) is 5.76 Å². The maximum atomic E-state index is 12.6. The highest BCUT2D eigenvalue weighted by atomic mass is 32.2. The van der Waals surface area contributed by atoms with Gasteiger partial charge >= 0.3 is 5.97 Å². The van der Waals surface area contributed by atoms with E-state index in [1.165, 1.54) is 23.9 Å². The lowest BCUT2D eigenvalue weighted by Crippen LogP contribution is -2.16. The molecule has 1 amide bonds. The average Bonchev–Trinajstić information content (AvgIpc) is 3.40. The standard InChI is InChI=1S/C24H22N4O4S/c1-15-8-9-18(23(30)31)12-20(15)25-21(29)14-33-24-27-26-22(19-10-11-32-16(19)2)28(24)13-17-6-4-3-5-7-17/h3-12H,13-14H2,1-2H3,(H,25,29)(H,30,31). The van der Waals surface area contributed by atoms with Gasteiger partial charge in [-0.05, 0) is 43.2 Å². The number of nitrogens with one attached hydrogen (secondary N) is 1. The number of anilines is 1. The summed E-state index contributed by atoms with van der Waals surface area (Å²) in [4.78, 5) is 23.9. The molecule has 2 N–H and O–H groups in total. The molecule has 2 heterocycles. The van der Waals surface area contributed by atoms with Crippen molar-refractivity contribution in [2.45, 2.75) is 25.5 Å². The highest BCUT2D eigenvalue weighted by molar-refractivity contribution is 7.99. The molecule has 168 valence electrons. The Morgan fingerprint density at radius 3 is 2.58 bits per heavy atom. The Kier molecular flexibility index (Phi) is 6.60. The number of hydrogen-bond donors (Lipinski definition) is 2. The van der Waals surface area contributed by atoms with Crippen molar-refractivity contribution in [2.24, 2.45) is 0 Å². The van der Waals surface area contributed by atoms with Crippen molar-refractivity contribution < 1.29 is 19.1 Å². The predicted molar refractivity (Wildman–Crippen MR) is 125 cm³/mol. The van der Waals surface area contributed by atoms with Gasteiger partial charge in [-0.3, -0.25) is 9.36 Å². The van der Waals surface area contributed by atoms with Crippen LogP contribution < -0.4 is 5.32 Å². The van der Waals surface area contributed by atoms with Crippen molar-refractivity contribution in [2.75, 3.05) is 11.1 Å². The second kappa shape index (κ2) is 9.74. The third-order valence-electron chi connectivity index (χ3n) is 5.09. The molecule has 0 aliphatic carbocycles. The van der Waals surface area contributed by atoms with E-state index in [1.807, 2.05) is 54.8 Å². The number of nitrogens with zero attached hydrogens (tertiary/aromatic N) is 3. The summed E-state index contributed by atoms with van der Waals surface area (Å²) in [6.45, 7) is 4.21. The van der Waals surface area contributed by atoms with E-state index in [-0.39, 0.29) is 17.2 Å². The number of hydrogen-bond acceptors (Lipinski definition) is 6. The lowest BCUT2D eigenvalue weighted by Gasteiger charge is -2.11. The fraction of sp³-hybridized carbons (Fsp3) is 0.167. The van der Waals surface area contributed by atoms with Gasteiger partial charge < -0.3 is 14.8 Å². The molecule has 0 atom stereocenters. The first-order valence-electron chi connectivity index (χ1n) is 10.2. The van der Waals surface area contributed by atoms with Crippen LogP contribution in [0.15, 0.2) is 70.4 Å². The SMILES string of the molecule is Cc1ccc(C(=O)O)cc1NC(=O)CSc1nnc(-c2ccoc2C)n1Cc1ccccc1. The minimum atomic E-state index is -1.05. The number of carbonyl (C=O) groups excluding carboxylic acids is 1. The molecular weight excluding hydrogens is 440 g/mol. The van der Waals surface area contributed by atoms with E-state index < -0.39 is 5.97 Å². The van der Waals surface area contributed by atoms with Gasteiger partial charge in [-0.1, -0.05) is 48.2 Å². The van der Waals surface area contributed by atoms with Crippen molar-refractivity contribution >= 4 is 29.3 Å². The van der Waals surface area contributed by atoms with Crippen molar-refractivity contribution in [1.82, 2.24) is 14.8 Å². The van der Waals surface area contributed by atoms with Crippen LogP contribution >= 0.6 is 11.8 Å². The first kappa shape index (κ1) is 22.3. The van der Waals surface area contributed by atoms with Gasteiger partial charge in [-0.15, -0.1) is 10.2 Å². The molecule has 9 heteroatoms. The summed E-state index contributed by atoms with van der Waals surface area (Å²) in [7, 11) is 0. The maximum absolute atomic E-state index is 12.6. The molecule has 0 aliphatic rings. The molecule has 0 aliphatic heterocycles. The Balaban J connectivity index is 1.54. The van der Waals surface area contributed by atoms with E-state index in [0.717, 1.165) is 22.5 Å². The Morgan fingerprint density at radius 1 is 1.09 bits per heavy atom. The minimum absolute atomic E-state index is 0.0913. The lowest BCUT2D eigenvalue weighted by molar-refractivity contribution is -0.113. The number of thioether (sulfide) groups is 1. The summed E-state index contributed by atoms with van der Waals surface area (Å²) in [5.41, 5.74) is 3.29. The highest BCUT2D eigenvalue weighted by Crippen LogP contribution is 2.28. The van der Waals surface area contributed by atoms with Gasteiger partial charge in [0, 0.05) is 5.69 Å². The number of carboxylic acids is 1. The molecule has 0 bridgehead atoms. The number of aromatic carboxylic acids is 1.